The molecule has 0 spiro atoms. The molecule has 1 fully saturated rings. The van der Waals surface area contributed by atoms with E-state index in [2.05, 4.69) is 31.3 Å². The lowest BCUT2D eigenvalue weighted by atomic mass is 9.72. The Bertz CT molecular complexity index is 213. The average Bonchev–Trinajstić information content (AvgIpc) is 2.00. The molecule has 2 aliphatic carbocycles. The molecule has 1 atom stereocenters. The predicted molar refractivity (Wildman–Crippen MR) is 61.3 cm³/mol. The third-order valence-corrected chi connectivity index (χ3v) is 3.94. The van der Waals surface area contributed by atoms with Crippen LogP contribution in [0.25, 0.3) is 0 Å². The number of rotatable bonds is 3. The van der Waals surface area contributed by atoms with Gasteiger partial charge in [0.25, 0.3) is 0 Å². The maximum Gasteiger partial charge on any atom is 0.0255 e. The molecular formula is C13H23N. The summed E-state index contributed by atoms with van der Waals surface area (Å²) in [5.41, 5.74) is 0.352. The lowest BCUT2D eigenvalue weighted by Crippen LogP contribution is -2.52. The fourth-order valence-electron chi connectivity index (χ4n) is 2.66. The summed E-state index contributed by atoms with van der Waals surface area (Å²) in [5, 5.41) is 3.81. The Labute approximate surface area is 88.0 Å². The van der Waals surface area contributed by atoms with E-state index in [0.717, 1.165) is 5.92 Å². The number of hydrogen-bond donors (Lipinski definition) is 1. The van der Waals surface area contributed by atoms with Crippen LogP contribution >= 0.6 is 0 Å². The SMILES string of the molecule is CC(C)(NC1C=CCCC1)C1CCC1. The third kappa shape index (κ3) is 2.20. The first-order valence-corrected chi connectivity index (χ1v) is 6.13. The fourth-order valence-corrected chi connectivity index (χ4v) is 2.66. The van der Waals surface area contributed by atoms with E-state index in [1.54, 1.807) is 0 Å². The summed E-state index contributed by atoms with van der Waals surface area (Å²) in [5.74, 6) is 0.915. The highest BCUT2D eigenvalue weighted by atomic mass is 15.0. The second-order valence-electron chi connectivity index (χ2n) is 5.46. The summed E-state index contributed by atoms with van der Waals surface area (Å²) < 4.78 is 0. The molecule has 1 saturated carbocycles. The third-order valence-electron chi connectivity index (χ3n) is 3.94. The van der Waals surface area contributed by atoms with Gasteiger partial charge in [-0.2, -0.15) is 0 Å². The zero-order valence-corrected chi connectivity index (χ0v) is 9.55. The summed E-state index contributed by atoms with van der Waals surface area (Å²) in [6, 6.07) is 0.638. The van der Waals surface area contributed by atoms with Gasteiger partial charge < -0.3 is 5.32 Å². The lowest BCUT2D eigenvalue weighted by molar-refractivity contribution is 0.148. The van der Waals surface area contributed by atoms with Gasteiger partial charge in [-0.05, 0) is 51.9 Å². The molecule has 0 aliphatic heterocycles. The minimum atomic E-state index is 0.352. The summed E-state index contributed by atoms with van der Waals surface area (Å²) in [4.78, 5) is 0. The summed E-state index contributed by atoms with van der Waals surface area (Å²) in [6.07, 6.45) is 13.0. The van der Waals surface area contributed by atoms with E-state index in [-0.39, 0.29) is 0 Å². The van der Waals surface area contributed by atoms with Gasteiger partial charge in [0.15, 0.2) is 0 Å². The molecule has 0 aromatic heterocycles. The van der Waals surface area contributed by atoms with Crippen LogP contribution in [-0.4, -0.2) is 11.6 Å². The molecule has 2 rings (SSSR count). The molecular weight excluding hydrogens is 170 g/mol. The van der Waals surface area contributed by atoms with E-state index in [9.17, 15) is 0 Å². The van der Waals surface area contributed by atoms with Crippen LogP contribution in [0, 0.1) is 5.92 Å². The molecule has 1 heteroatoms. The summed E-state index contributed by atoms with van der Waals surface area (Å²) >= 11 is 0. The molecule has 0 saturated heterocycles. The maximum absolute atomic E-state index is 3.81. The van der Waals surface area contributed by atoms with Crippen molar-refractivity contribution in [3.63, 3.8) is 0 Å². The second-order valence-corrected chi connectivity index (χ2v) is 5.46. The molecule has 0 heterocycles. The van der Waals surface area contributed by atoms with Crippen molar-refractivity contribution in [3.05, 3.63) is 12.2 Å². The Morgan fingerprint density at radius 2 is 1.93 bits per heavy atom. The zero-order valence-electron chi connectivity index (χ0n) is 9.55. The Hall–Kier alpha value is -0.300. The normalized spacial score (nSPS) is 28.9. The smallest absolute Gasteiger partial charge is 0.0255 e. The topological polar surface area (TPSA) is 12.0 Å². The standard InChI is InChI=1S/C13H23N/c1-13(2,11-7-6-8-11)14-12-9-4-3-5-10-12/h4,9,11-12,14H,3,5-8,10H2,1-2H3. The highest BCUT2D eigenvalue weighted by molar-refractivity contribution is 5.02. The van der Waals surface area contributed by atoms with E-state index in [0.29, 0.717) is 11.6 Å². The molecule has 0 radical (unpaired) electrons. The summed E-state index contributed by atoms with van der Waals surface area (Å²) in [6.45, 7) is 4.75. The van der Waals surface area contributed by atoms with Crippen LogP contribution in [-0.2, 0) is 0 Å². The molecule has 0 aromatic rings. The Morgan fingerprint density at radius 1 is 1.14 bits per heavy atom. The van der Waals surface area contributed by atoms with Crippen molar-refractivity contribution in [1.82, 2.24) is 5.32 Å². The van der Waals surface area contributed by atoms with E-state index >= 15 is 0 Å². The molecule has 2 aliphatic rings. The van der Waals surface area contributed by atoms with E-state index in [4.69, 9.17) is 0 Å². The van der Waals surface area contributed by atoms with Crippen molar-refractivity contribution < 1.29 is 0 Å². The second kappa shape index (κ2) is 4.06. The van der Waals surface area contributed by atoms with Gasteiger partial charge in [0.05, 0.1) is 0 Å². The van der Waals surface area contributed by atoms with Crippen LogP contribution < -0.4 is 5.32 Å². The highest BCUT2D eigenvalue weighted by Gasteiger charge is 2.34. The Morgan fingerprint density at radius 3 is 2.43 bits per heavy atom. The van der Waals surface area contributed by atoms with Gasteiger partial charge in [0.2, 0.25) is 0 Å². The minimum Gasteiger partial charge on any atom is -0.305 e. The molecule has 0 bridgehead atoms. The molecule has 0 aromatic carbocycles. The molecule has 1 N–H and O–H groups in total. The van der Waals surface area contributed by atoms with Gasteiger partial charge in [-0.25, -0.2) is 0 Å². The first kappa shape index (κ1) is 10.2. The van der Waals surface area contributed by atoms with Crippen molar-refractivity contribution in [1.29, 1.82) is 0 Å². The monoisotopic (exact) mass is 193 g/mol. The van der Waals surface area contributed by atoms with E-state index in [1.165, 1.54) is 38.5 Å². The van der Waals surface area contributed by atoms with Crippen molar-refractivity contribution in [2.45, 2.75) is 64.0 Å². The molecule has 1 nitrogen and oxygen atoms in total. The van der Waals surface area contributed by atoms with Crippen molar-refractivity contribution in [2.24, 2.45) is 5.92 Å². The van der Waals surface area contributed by atoms with Crippen LogP contribution in [0.1, 0.15) is 52.4 Å². The van der Waals surface area contributed by atoms with Crippen LogP contribution in [0.5, 0.6) is 0 Å². The highest BCUT2D eigenvalue weighted by Crippen LogP contribution is 2.36. The largest absolute Gasteiger partial charge is 0.305 e. The van der Waals surface area contributed by atoms with Crippen molar-refractivity contribution in [3.8, 4) is 0 Å². The van der Waals surface area contributed by atoms with Crippen LogP contribution in [0.2, 0.25) is 0 Å². The maximum atomic E-state index is 3.81. The van der Waals surface area contributed by atoms with E-state index < -0.39 is 0 Å². The molecule has 0 amide bonds. The van der Waals surface area contributed by atoms with Gasteiger partial charge in [0.1, 0.15) is 0 Å². The summed E-state index contributed by atoms with van der Waals surface area (Å²) in [7, 11) is 0. The van der Waals surface area contributed by atoms with Crippen LogP contribution in [0.4, 0.5) is 0 Å². The van der Waals surface area contributed by atoms with Gasteiger partial charge in [0, 0.05) is 11.6 Å². The number of allylic oxidation sites excluding steroid dienone is 1. The minimum absolute atomic E-state index is 0.352. The Balaban J connectivity index is 1.87. The quantitative estimate of drug-likeness (QED) is 0.678. The predicted octanol–water partition coefficient (Wildman–Crippen LogP) is 3.26. The van der Waals surface area contributed by atoms with Crippen molar-refractivity contribution in [2.75, 3.05) is 0 Å². The van der Waals surface area contributed by atoms with E-state index in [1.807, 2.05) is 0 Å². The molecule has 80 valence electrons. The van der Waals surface area contributed by atoms with Crippen LogP contribution in [0.15, 0.2) is 12.2 Å². The molecule has 1 unspecified atom stereocenters. The molecule has 14 heavy (non-hydrogen) atoms. The van der Waals surface area contributed by atoms with Crippen LogP contribution in [0.3, 0.4) is 0 Å². The average molecular weight is 193 g/mol. The van der Waals surface area contributed by atoms with Gasteiger partial charge in [-0.3, -0.25) is 0 Å². The first-order valence-electron chi connectivity index (χ1n) is 6.13. The van der Waals surface area contributed by atoms with Gasteiger partial charge in [-0.15, -0.1) is 0 Å². The Kier molecular flexibility index (Phi) is 2.96. The number of hydrogen-bond acceptors (Lipinski definition) is 1. The fraction of sp³-hybridized carbons (Fsp3) is 0.846. The van der Waals surface area contributed by atoms with Gasteiger partial charge in [-0.1, -0.05) is 18.6 Å². The number of nitrogens with one attached hydrogen (secondary N) is 1. The lowest BCUT2D eigenvalue weighted by Gasteiger charge is -2.43. The van der Waals surface area contributed by atoms with Crippen molar-refractivity contribution >= 4 is 0 Å². The van der Waals surface area contributed by atoms with Gasteiger partial charge >= 0.3 is 0 Å². The zero-order chi connectivity index (χ0) is 10.0. The first-order chi connectivity index (χ1) is 6.68.